The lowest BCUT2D eigenvalue weighted by atomic mass is 10.2. The van der Waals surface area contributed by atoms with Crippen LogP contribution in [-0.2, 0) is 9.84 Å². The molecule has 0 bridgehead atoms. The highest BCUT2D eigenvalue weighted by atomic mass is 32.2. The number of sulfone groups is 1. The summed E-state index contributed by atoms with van der Waals surface area (Å²) in [4.78, 5) is 0.246. The predicted octanol–water partition coefficient (Wildman–Crippen LogP) is 1.48. The molecule has 1 aromatic rings. The van der Waals surface area contributed by atoms with Gasteiger partial charge in [0, 0.05) is 18.9 Å². The first kappa shape index (κ1) is 15.1. The lowest BCUT2D eigenvalue weighted by molar-refractivity contribution is 0.0896. The Balaban J connectivity index is 2.04. The van der Waals surface area contributed by atoms with Gasteiger partial charge in [0.05, 0.1) is 4.90 Å². The molecule has 1 N–H and O–H groups in total. The van der Waals surface area contributed by atoms with Crippen molar-refractivity contribution < 1.29 is 17.9 Å². The van der Waals surface area contributed by atoms with Crippen molar-refractivity contribution in [3.63, 3.8) is 0 Å². The molecule has 1 aliphatic rings. The van der Waals surface area contributed by atoms with Crippen molar-refractivity contribution in [1.29, 1.82) is 0 Å². The molecule has 5 nitrogen and oxygen atoms in total. The van der Waals surface area contributed by atoms with Crippen molar-refractivity contribution in [2.45, 2.75) is 24.8 Å². The summed E-state index contributed by atoms with van der Waals surface area (Å²) in [6, 6.07) is 4.71. The number of nitrogens with one attached hydrogen (secondary N) is 1. The van der Waals surface area contributed by atoms with Crippen LogP contribution in [0, 0.1) is 5.92 Å². The number of rotatable bonds is 5. The molecule has 0 aromatic heterocycles. The molecule has 1 aliphatic heterocycles. The number of fused-ring (bicyclic) bond motifs is 1. The van der Waals surface area contributed by atoms with Gasteiger partial charge in [0.1, 0.15) is 12.7 Å². The van der Waals surface area contributed by atoms with Crippen LogP contribution in [0.25, 0.3) is 0 Å². The topological polar surface area (TPSA) is 64.6 Å². The van der Waals surface area contributed by atoms with E-state index in [4.69, 9.17) is 9.47 Å². The maximum absolute atomic E-state index is 11.5. The van der Waals surface area contributed by atoms with E-state index < -0.39 is 9.84 Å². The van der Waals surface area contributed by atoms with E-state index in [1.54, 1.807) is 6.07 Å². The minimum atomic E-state index is -3.23. The zero-order valence-corrected chi connectivity index (χ0v) is 12.9. The van der Waals surface area contributed by atoms with E-state index in [1.807, 2.05) is 0 Å². The third-order valence-corrected chi connectivity index (χ3v) is 4.10. The van der Waals surface area contributed by atoms with Crippen LogP contribution >= 0.6 is 0 Å². The molecular weight excluding hydrogens is 278 g/mol. The van der Waals surface area contributed by atoms with Crippen molar-refractivity contribution in [3.8, 4) is 11.5 Å². The standard InChI is InChI=1S/C14H21NO4S/c1-10(2)7-15-8-11-9-18-13-5-4-12(20(3,16)17)6-14(13)19-11/h4-6,10-11,15H,7-9H2,1-3H3/t11-/m0/s1. The van der Waals surface area contributed by atoms with Crippen LogP contribution in [0.4, 0.5) is 0 Å². The molecule has 0 saturated heterocycles. The lowest BCUT2D eigenvalue weighted by Crippen LogP contribution is -2.39. The maximum atomic E-state index is 11.5. The molecule has 0 aliphatic carbocycles. The first-order chi connectivity index (χ1) is 9.36. The van der Waals surface area contributed by atoms with Crippen molar-refractivity contribution in [3.05, 3.63) is 18.2 Å². The molecule has 2 rings (SSSR count). The molecule has 0 spiro atoms. The number of hydrogen-bond acceptors (Lipinski definition) is 5. The molecule has 1 aromatic carbocycles. The molecule has 112 valence electrons. The Morgan fingerprint density at radius 1 is 1.35 bits per heavy atom. The Morgan fingerprint density at radius 3 is 2.75 bits per heavy atom. The highest BCUT2D eigenvalue weighted by Crippen LogP contribution is 2.33. The van der Waals surface area contributed by atoms with E-state index in [1.165, 1.54) is 18.4 Å². The first-order valence-corrected chi connectivity index (χ1v) is 8.59. The van der Waals surface area contributed by atoms with E-state index in [9.17, 15) is 8.42 Å². The van der Waals surface area contributed by atoms with Gasteiger partial charge < -0.3 is 14.8 Å². The zero-order valence-electron chi connectivity index (χ0n) is 12.0. The maximum Gasteiger partial charge on any atom is 0.175 e. The second kappa shape index (κ2) is 6.01. The van der Waals surface area contributed by atoms with Crippen molar-refractivity contribution >= 4 is 9.84 Å². The van der Waals surface area contributed by atoms with Gasteiger partial charge in [0.2, 0.25) is 0 Å². The number of hydrogen-bond donors (Lipinski definition) is 1. The van der Waals surface area contributed by atoms with Crippen LogP contribution in [-0.4, -0.2) is 40.5 Å². The zero-order chi connectivity index (χ0) is 14.8. The van der Waals surface area contributed by atoms with E-state index in [0.29, 0.717) is 30.6 Å². The summed E-state index contributed by atoms with van der Waals surface area (Å²) < 4.78 is 34.5. The number of benzene rings is 1. The quantitative estimate of drug-likeness (QED) is 0.892. The van der Waals surface area contributed by atoms with Gasteiger partial charge in [-0.25, -0.2) is 8.42 Å². The van der Waals surface area contributed by atoms with Gasteiger partial charge in [-0.1, -0.05) is 13.8 Å². The van der Waals surface area contributed by atoms with Crippen LogP contribution in [0.5, 0.6) is 11.5 Å². The first-order valence-electron chi connectivity index (χ1n) is 6.70. The van der Waals surface area contributed by atoms with Crippen LogP contribution < -0.4 is 14.8 Å². The van der Waals surface area contributed by atoms with E-state index in [2.05, 4.69) is 19.2 Å². The van der Waals surface area contributed by atoms with Gasteiger partial charge in [-0.15, -0.1) is 0 Å². The average Bonchev–Trinajstić information content (AvgIpc) is 2.36. The van der Waals surface area contributed by atoms with Gasteiger partial charge in [-0.05, 0) is 24.6 Å². The second-order valence-corrected chi connectivity index (χ2v) is 7.50. The van der Waals surface area contributed by atoms with Crippen LogP contribution in [0.15, 0.2) is 23.1 Å². The highest BCUT2D eigenvalue weighted by Gasteiger charge is 2.22. The Kier molecular flexibility index (Phi) is 4.55. The monoisotopic (exact) mass is 299 g/mol. The van der Waals surface area contributed by atoms with Gasteiger partial charge in [0.25, 0.3) is 0 Å². The molecule has 0 fully saturated rings. The fourth-order valence-electron chi connectivity index (χ4n) is 1.96. The van der Waals surface area contributed by atoms with Crippen molar-refractivity contribution in [2.75, 3.05) is 26.0 Å². The molecule has 0 amide bonds. The Labute approximate surface area is 120 Å². The summed E-state index contributed by atoms with van der Waals surface area (Å²) in [5.41, 5.74) is 0. The van der Waals surface area contributed by atoms with Gasteiger partial charge in [0.15, 0.2) is 21.3 Å². The largest absolute Gasteiger partial charge is 0.486 e. The average molecular weight is 299 g/mol. The fourth-order valence-corrected chi connectivity index (χ4v) is 2.60. The molecular formula is C14H21NO4S. The summed E-state index contributed by atoms with van der Waals surface area (Å²) in [6.07, 6.45) is 1.08. The van der Waals surface area contributed by atoms with Crippen LogP contribution in [0.3, 0.4) is 0 Å². The molecule has 20 heavy (non-hydrogen) atoms. The van der Waals surface area contributed by atoms with Crippen LogP contribution in [0.1, 0.15) is 13.8 Å². The summed E-state index contributed by atoms with van der Waals surface area (Å²) >= 11 is 0. The summed E-state index contributed by atoms with van der Waals surface area (Å²) in [7, 11) is -3.23. The minimum Gasteiger partial charge on any atom is -0.486 e. The van der Waals surface area contributed by atoms with Gasteiger partial charge >= 0.3 is 0 Å². The fraction of sp³-hybridized carbons (Fsp3) is 0.571. The lowest BCUT2D eigenvalue weighted by Gasteiger charge is -2.27. The van der Waals surface area contributed by atoms with Crippen molar-refractivity contribution in [1.82, 2.24) is 5.32 Å². The van der Waals surface area contributed by atoms with E-state index in [-0.39, 0.29) is 11.0 Å². The Morgan fingerprint density at radius 2 is 2.10 bits per heavy atom. The highest BCUT2D eigenvalue weighted by molar-refractivity contribution is 7.90. The predicted molar refractivity (Wildman–Crippen MR) is 77.2 cm³/mol. The molecule has 0 saturated carbocycles. The third kappa shape index (κ3) is 3.86. The summed E-state index contributed by atoms with van der Waals surface area (Å²) in [6.45, 7) is 6.34. The number of ether oxygens (including phenoxy) is 2. The molecule has 0 radical (unpaired) electrons. The molecule has 0 unspecified atom stereocenters. The van der Waals surface area contributed by atoms with Crippen molar-refractivity contribution in [2.24, 2.45) is 5.92 Å². The summed E-state index contributed by atoms with van der Waals surface area (Å²) in [5.74, 6) is 1.66. The smallest absolute Gasteiger partial charge is 0.175 e. The summed E-state index contributed by atoms with van der Waals surface area (Å²) in [5, 5.41) is 3.31. The normalized spacial score (nSPS) is 18.3. The van der Waals surface area contributed by atoms with Gasteiger partial charge in [-0.3, -0.25) is 0 Å². The van der Waals surface area contributed by atoms with E-state index in [0.717, 1.165) is 6.54 Å². The minimum absolute atomic E-state index is 0.101. The third-order valence-electron chi connectivity index (χ3n) is 2.99. The second-order valence-electron chi connectivity index (χ2n) is 5.48. The Bertz CT molecular complexity index is 569. The Hall–Kier alpha value is -1.27. The van der Waals surface area contributed by atoms with E-state index >= 15 is 0 Å². The molecule has 1 atom stereocenters. The molecule has 1 heterocycles. The van der Waals surface area contributed by atoms with Gasteiger partial charge in [-0.2, -0.15) is 0 Å². The SMILES string of the molecule is CC(C)CNC[C@H]1COc2ccc(S(C)(=O)=O)cc2O1. The van der Waals surface area contributed by atoms with Crippen LogP contribution in [0.2, 0.25) is 0 Å². The molecule has 6 heteroatoms.